The molecule has 5 nitrogen and oxygen atoms in total. The Morgan fingerprint density at radius 2 is 1.73 bits per heavy atom. The summed E-state index contributed by atoms with van der Waals surface area (Å²) in [6.07, 6.45) is 5.08. The normalized spacial score (nSPS) is 29.5. The lowest BCUT2D eigenvalue weighted by atomic mass is 9.62. The summed E-state index contributed by atoms with van der Waals surface area (Å²) in [7, 11) is -5.84. The largest absolute Gasteiger partial charge is 0.410 e. The number of benzene rings is 2. The summed E-state index contributed by atoms with van der Waals surface area (Å²) in [6, 6.07) is 15.6. The molecule has 3 aliphatic heterocycles. The number of aryl methyl sites for hydroxylation is 1. The van der Waals surface area contributed by atoms with E-state index in [0.717, 1.165) is 37.2 Å². The predicted octanol–water partition coefficient (Wildman–Crippen LogP) is 6.01. The van der Waals surface area contributed by atoms with Crippen LogP contribution in [0.4, 0.5) is 5.69 Å². The van der Waals surface area contributed by atoms with Crippen LogP contribution in [0.3, 0.4) is 0 Å². The molecule has 4 atom stereocenters. The highest BCUT2D eigenvalue weighted by Crippen LogP contribution is 2.61. The Hall–Kier alpha value is -1.93. The third kappa shape index (κ3) is 3.57. The first-order valence-corrected chi connectivity index (χ1v) is 18.1. The molecule has 1 saturated carbocycles. The highest BCUT2D eigenvalue weighted by molar-refractivity contribution is 7.92. The van der Waals surface area contributed by atoms with Gasteiger partial charge in [0, 0.05) is 18.0 Å². The Kier molecular flexibility index (Phi) is 5.67. The molecule has 0 radical (unpaired) electrons. The second kappa shape index (κ2) is 8.28. The van der Waals surface area contributed by atoms with Crippen LogP contribution in [-0.2, 0) is 19.9 Å². The van der Waals surface area contributed by atoms with Gasteiger partial charge < -0.3 is 4.43 Å². The van der Waals surface area contributed by atoms with Gasteiger partial charge in [-0.25, -0.2) is 8.42 Å². The van der Waals surface area contributed by atoms with E-state index in [0.29, 0.717) is 11.3 Å². The first-order valence-electron chi connectivity index (χ1n) is 13.7. The average molecular weight is 537 g/mol. The van der Waals surface area contributed by atoms with E-state index in [1.165, 1.54) is 11.1 Å². The van der Waals surface area contributed by atoms with Gasteiger partial charge in [0.25, 0.3) is 10.0 Å². The molecule has 2 aromatic carbocycles. The van der Waals surface area contributed by atoms with Crippen LogP contribution in [0, 0.1) is 6.92 Å². The third-order valence-electron chi connectivity index (χ3n) is 9.93. The Labute approximate surface area is 223 Å². The fourth-order valence-electron chi connectivity index (χ4n) is 7.15. The van der Waals surface area contributed by atoms with Crippen molar-refractivity contribution in [1.29, 1.82) is 0 Å². The quantitative estimate of drug-likeness (QED) is 0.355. The SMILES string of the molecule is Cc1ccc(S(=O)(=O)N2c3ccccc3[C@@]34CCN5CCC=C([C@@H](O[Si](C)(C)C(C)(C)C)C[C@H]23)[C@H]54)cc1. The number of hydrogen-bond donors (Lipinski definition) is 0. The van der Waals surface area contributed by atoms with Crippen molar-refractivity contribution < 1.29 is 12.8 Å². The highest BCUT2D eigenvalue weighted by Gasteiger charge is 2.66. The van der Waals surface area contributed by atoms with Crippen LogP contribution in [0.15, 0.2) is 65.1 Å². The second-order valence-corrected chi connectivity index (χ2v) is 19.5. The van der Waals surface area contributed by atoms with Crippen LogP contribution >= 0.6 is 0 Å². The Morgan fingerprint density at radius 3 is 2.43 bits per heavy atom. The van der Waals surface area contributed by atoms with Gasteiger partial charge in [-0.1, -0.05) is 62.7 Å². The van der Waals surface area contributed by atoms with Crippen LogP contribution in [0.25, 0.3) is 0 Å². The maximum absolute atomic E-state index is 14.4. The zero-order chi connectivity index (χ0) is 26.4. The van der Waals surface area contributed by atoms with Gasteiger partial charge in [-0.05, 0) is 80.2 Å². The minimum absolute atomic E-state index is 0.0602. The summed E-state index contributed by atoms with van der Waals surface area (Å²) < 4.78 is 37.8. The number of anilines is 1. The number of sulfonamides is 1. The summed E-state index contributed by atoms with van der Waals surface area (Å²) in [5, 5.41) is 0.0818. The van der Waals surface area contributed by atoms with Crippen molar-refractivity contribution in [3.63, 3.8) is 0 Å². The fraction of sp³-hybridized carbons (Fsp3) is 0.533. The molecule has 2 fully saturated rings. The molecule has 6 rings (SSSR count). The summed E-state index contributed by atoms with van der Waals surface area (Å²) >= 11 is 0. The first kappa shape index (κ1) is 25.4. The van der Waals surface area contributed by atoms with Crippen molar-refractivity contribution in [1.82, 2.24) is 4.90 Å². The van der Waals surface area contributed by atoms with Gasteiger partial charge >= 0.3 is 0 Å². The molecular weight excluding hydrogens is 496 g/mol. The molecule has 0 N–H and O–H groups in total. The number of fused-ring (bicyclic) bond motifs is 1. The van der Waals surface area contributed by atoms with Crippen LogP contribution < -0.4 is 4.31 Å². The lowest BCUT2D eigenvalue weighted by Gasteiger charge is -2.53. The van der Waals surface area contributed by atoms with E-state index < -0.39 is 18.3 Å². The number of hydrogen-bond acceptors (Lipinski definition) is 4. The van der Waals surface area contributed by atoms with E-state index in [2.05, 4.69) is 57.0 Å². The number of para-hydroxylation sites is 1. The van der Waals surface area contributed by atoms with Crippen molar-refractivity contribution in [3.8, 4) is 0 Å². The third-order valence-corrected chi connectivity index (χ3v) is 16.3. The summed E-state index contributed by atoms with van der Waals surface area (Å²) in [5.41, 5.74) is 4.26. The molecule has 1 aliphatic carbocycles. The summed E-state index contributed by atoms with van der Waals surface area (Å²) in [6.45, 7) is 15.5. The highest BCUT2D eigenvalue weighted by atomic mass is 32.2. The minimum Gasteiger partial charge on any atom is -0.410 e. The van der Waals surface area contributed by atoms with Gasteiger partial charge in [0.1, 0.15) is 0 Å². The van der Waals surface area contributed by atoms with E-state index in [9.17, 15) is 8.42 Å². The molecule has 1 saturated heterocycles. The molecule has 2 aromatic rings. The van der Waals surface area contributed by atoms with E-state index in [-0.39, 0.29) is 28.6 Å². The monoisotopic (exact) mass is 536 g/mol. The molecule has 7 heteroatoms. The molecule has 0 bridgehead atoms. The Balaban J connectivity index is 1.53. The predicted molar refractivity (Wildman–Crippen MR) is 152 cm³/mol. The minimum atomic E-state index is -3.75. The summed E-state index contributed by atoms with van der Waals surface area (Å²) in [5.74, 6) is 0. The van der Waals surface area contributed by atoms with Gasteiger partial charge in [-0.2, -0.15) is 0 Å². The van der Waals surface area contributed by atoms with Crippen LogP contribution in [-0.4, -0.2) is 52.9 Å². The molecular formula is C30H40N2O3SSi. The maximum atomic E-state index is 14.4. The van der Waals surface area contributed by atoms with E-state index >= 15 is 0 Å². The van der Waals surface area contributed by atoms with Gasteiger partial charge in [0.2, 0.25) is 0 Å². The maximum Gasteiger partial charge on any atom is 0.264 e. The van der Waals surface area contributed by atoms with Crippen molar-refractivity contribution in [2.45, 2.75) is 93.6 Å². The number of rotatable bonds is 4. The lowest BCUT2D eigenvalue weighted by Crippen LogP contribution is -2.62. The molecule has 3 heterocycles. The van der Waals surface area contributed by atoms with Crippen molar-refractivity contribution in [2.24, 2.45) is 0 Å². The molecule has 37 heavy (non-hydrogen) atoms. The smallest absolute Gasteiger partial charge is 0.264 e. The van der Waals surface area contributed by atoms with Crippen LogP contribution in [0.2, 0.25) is 18.1 Å². The molecule has 0 aromatic heterocycles. The van der Waals surface area contributed by atoms with Crippen molar-refractivity contribution >= 4 is 24.0 Å². The second-order valence-electron chi connectivity index (χ2n) is 13.0. The topological polar surface area (TPSA) is 49.9 Å². The molecule has 4 aliphatic rings. The Bertz CT molecular complexity index is 1360. The van der Waals surface area contributed by atoms with Gasteiger partial charge in [0.05, 0.1) is 22.7 Å². The summed E-state index contributed by atoms with van der Waals surface area (Å²) in [4.78, 5) is 2.98. The van der Waals surface area contributed by atoms with Gasteiger partial charge in [-0.3, -0.25) is 9.21 Å². The lowest BCUT2D eigenvalue weighted by molar-refractivity contribution is 0.0975. The van der Waals surface area contributed by atoms with Crippen molar-refractivity contribution in [2.75, 3.05) is 17.4 Å². The van der Waals surface area contributed by atoms with Crippen LogP contribution in [0.5, 0.6) is 0 Å². The van der Waals surface area contributed by atoms with E-state index in [4.69, 9.17) is 4.43 Å². The standard InChI is InChI=1S/C30H40N2O3SSi/c1-21-13-15-22(16-14-21)36(33,34)32-25-12-8-7-11-24(25)30-17-19-31-18-9-10-23(28(30)31)26(20-27(30)32)35-37(5,6)29(2,3)4/h7-8,10-16,26-28H,9,17-20H2,1-6H3/t26-,27-,28-,30-/m0/s1. The zero-order valence-electron chi connectivity index (χ0n) is 23.0. The molecule has 198 valence electrons. The Morgan fingerprint density at radius 1 is 1.03 bits per heavy atom. The zero-order valence-corrected chi connectivity index (χ0v) is 24.8. The van der Waals surface area contributed by atoms with E-state index in [1.54, 1.807) is 16.4 Å². The molecule has 1 spiro atoms. The first-order chi connectivity index (χ1) is 17.4. The fourth-order valence-corrected chi connectivity index (χ4v) is 10.2. The van der Waals surface area contributed by atoms with Crippen molar-refractivity contribution in [3.05, 3.63) is 71.3 Å². The van der Waals surface area contributed by atoms with Gasteiger partial charge in [0.15, 0.2) is 8.32 Å². The van der Waals surface area contributed by atoms with Crippen LogP contribution in [0.1, 0.15) is 51.2 Å². The number of nitrogens with zero attached hydrogens (tertiary/aromatic N) is 2. The average Bonchev–Trinajstić information content (AvgIpc) is 3.36. The van der Waals surface area contributed by atoms with E-state index in [1.807, 2.05) is 31.2 Å². The van der Waals surface area contributed by atoms with Gasteiger partial charge in [-0.15, -0.1) is 0 Å². The molecule has 0 unspecified atom stereocenters. The molecule has 0 amide bonds.